The van der Waals surface area contributed by atoms with Gasteiger partial charge in [0.15, 0.2) is 5.82 Å². The number of rotatable bonds is 5. The number of anilines is 1. The van der Waals surface area contributed by atoms with E-state index in [1.165, 1.54) is 0 Å². The molecular formula is C11H13ClN4O2S. The van der Waals surface area contributed by atoms with Gasteiger partial charge in [-0.25, -0.2) is 18.4 Å². The van der Waals surface area contributed by atoms with Crippen LogP contribution in [0.4, 0.5) is 5.69 Å². The third-order valence-corrected chi connectivity index (χ3v) is 4.14. The minimum Gasteiger partial charge on any atom is -0.286 e. The summed E-state index contributed by atoms with van der Waals surface area (Å²) in [6.45, 7) is 1.81. The first kappa shape index (κ1) is 13.8. The fraction of sp³-hybridized carbons (Fsp3) is 0.273. The van der Waals surface area contributed by atoms with Crippen LogP contribution < -0.4 is 4.72 Å². The van der Waals surface area contributed by atoms with E-state index >= 15 is 0 Å². The van der Waals surface area contributed by atoms with Crippen molar-refractivity contribution in [2.45, 2.75) is 6.92 Å². The smallest absolute Gasteiger partial charge is 0.234 e. The summed E-state index contributed by atoms with van der Waals surface area (Å²) in [6, 6.07) is 3.31. The van der Waals surface area contributed by atoms with Crippen LogP contribution in [0.25, 0.3) is 5.82 Å². The van der Waals surface area contributed by atoms with Crippen LogP contribution in [0.1, 0.15) is 5.82 Å². The summed E-state index contributed by atoms with van der Waals surface area (Å²) in [5.41, 5.74) is 0.397. The first-order valence-electron chi connectivity index (χ1n) is 5.55. The molecule has 0 radical (unpaired) electrons. The summed E-state index contributed by atoms with van der Waals surface area (Å²) in [5, 5.41) is 0. The molecule has 0 amide bonds. The van der Waals surface area contributed by atoms with Gasteiger partial charge in [0.1, 0.15) is 5.82 Å². The Morgan fingerprint density at radius 2 is 2.16 bits per heavy atom. The number of alkyl halides is 1. The van der Waals surface area contributed by atoms with Gasteiger partial charge in [0.05, 0.1) is 11.4 Å². The molecule has 0 aliphatic carbocycles. The first-order chi connectivity index (χ1) is 9.03. The van der Waals surface area contributed by atoms with Crippen molar-refractivity contribution in [1.82, 2.24) is 14.5 Å². The predicted molar refractivity (Wildman–Crippen MR) is 74.2 cm³/mol. The van der Waals surface area contributed by atoms with Crippen molar-refractivity contribution in [1.29, 1.82) is 0 Å². The van der Waals surface area contributed by atoms with Gasteiger partial charge in [0, 0.05) is 24.5 Å². The summed E-state index contributed by atoms with van der Waals surface area (Å²) >= 11 is 5.47. The molecule has 6 nitrogen and oxygen atoms in total. The van der Waals surface area contributed by atoms with E-state index in [0.29, 0.717) is 11.5 Å². The number of pyridine rings is 1. The monoisotopic (exact) mass is 300 g/mol. The maximum Gasteiger partial charge on any atom is 0.234 e. The zero-order valence-corrected chi connectivity index (χ0v) is 11.8. The van der Waals surface area contributed by atoms with Crippen molar-refractivity contribution in [3.05, 3.63) is 36.5 Å². The average Bonchev–Trinajstić information content (AvgIpc) is 2.75. The van der Waals surface area contributed by atoms with Crippen molar-refractivity contribution >= 4 is 27.3 Å². The molecule has 0 saturated carbocycles. The van der Waals surface area contributed by atoms with Crippen LogP contribution in [0.15, 0.2) is 30.7 Å². The minimum atomic E-state index is -3.47. The molecule has 0 atom stereocenters. The number of hydrogen-bond acceptors (Lipinski definition) is 4. The van der Waals surface area contributed by atoms with Crippen LogP contribution in [0.2, 0.25) is 0 Å². The lowest BCUT2D eigenvalue weighted by Crippen LogP contribution is -2.19. The van der Waals surface area contributed by atoms with Gasteiger partial charge in [-0.3, -0.25) is 9.29 Å². The van der Waals surface area contributed by atoms with E-state index < -0.39 is 10.0 Å². The van der Waals surface area contributed by atoms with Gasteiger partial charge in [-0.15, -0.1) is 11.6 Å². The van der Waals surface area contributed by atoms with Gasteiger partial charge in [-0.2, -0.15) is 0 Å². The lowest BCUT2D eigenvalue weighted by Gasteiger charge is -2.12. The average molecular weight is 301 g/mol. The number of nitrogens with one attached hydrogen (secondary N) is 1. The molecule has 2 rings (SSSR count). The molecule has 0 saturated heterocycles. The number of imidazole rings is 1. The van der Waals surface area contributed by atoms with E-state index in [9.17, 15) is 8.42 Å². The zero-order chi connectivity index (χ0) is 13.9. The molecule has 19 heavy (non-hydrogen) atoms. The molecule has 2 aromatic rings. The Kier molecular flexibility index (Phi) is 4.06. The Labute approximate surface area is 116 Å². The molecule has 1 N–H and O–H groups in total. The molecule has 0 aliphatic heterocycles. The van der Waals surface area contributed by atoms with Crippen LogP contribution in [0.3, 0.4) is 0 Å². The maximum absolute atomic E-state index is 11.8. The van der Waals surface area contributed by atoms with E-state index in [4.69, 9.17) is 11.6 Å². The van der Waals surface area contributed by atoms with Crippen LogP contribution in [-0.4, -0.2) is 34.6 Å². The molecule has 2 heterocycles. The summed E-state index contributed by atoms with van der Waals surface area (Å²) < 4.78 is 27.7. The lowest BCUT2D eigenvalue weighted by molar-refractivity contribution is 0.602. The van der Waals surface area contributed by atoms with Crippen molar-refractivity contribution in [3.63, 3.8) is 0 Å². The molecule has 0 spiro atoms. The van der Waals surface area contributed by atoms with E-state index in [-0.39, 0.29) is 11.6 Å². The second-order valence-corrected chi connectivity index (χ2v) is 6.05. The van der Waals surface area contributed by atoms with Gasteiger partial charge < -0.3 is 0 Å². The number of nitrogens with zero attached hydrogens (tertiary/aromatic N) is 3. The van der Waals surface area contributed by atoms with Gasteiger partial charge in [-0.1, -0.05) is 0 Å². The lowest BCUT2D eigenvalue weighted by atomic mass is 10.4. The van der Waals surface area contributed by atoms with Crippen molar-refractivity contribution < 1.29 is 8.42 Å². The van der Waals surface area contributed by atoms with Gasteiger partial charge in [-0.05, 0) is 19.1 Å². The summed E-state index contributed by atoms with van der Waals surface area (Å²) in [6.07, 6.45) is 4.94. The van der Waals surface area contributed by atoms with Crippen LogP contribution in [0, 0.1) is 6.92 Å². The van der Waals surface area contributed by atoms with E-state index in [1.807, 2.05) is 6.92 Å². The number of aryl methyl sites for hydroxylation is 1. The molecule has 0 aliphatic rings. The topological polar surface area (TPSA) is 76.9 Å². The summed E-state index contributed by atoms with van der Waals surface area (Å²) in [7, 11) is -3.47. The van der Waals surface area contributed by atoms with Crippen LogP contribution in [-0.2, 0) is 10.0 Å². The largest absolute Gasteiger partial charge is 0.286 e. The number of sulfonamides is 1. The van der Waals surface area contributed by atoms with Gasteiger partial charge >= 0.3 is 0 Å². The highest BCUT2D eigenvalue weighted by Gasteiger charge is 2.14. The Hall–Kier alpha value is -1.60. The maximum atomic E-state index is 11.8. The van der Waals surface area contributed by atoms with E-state index in [1.54, 1.807) is 35.3 Å². The highest BCUT2D eigenvalue weighted by molar-refractivity contribution is 7.92. The molecule has 0 unspecified atom stereocenters. The third kappa shape index (κ3) is 3.24. The predicted octanol–water partition coefficient (Wildman–Crippen LogP) is 1.56. The highest BCUT2D eigenvalue weighted by Crippen LogP contribution is 2.19. The summed E-state index contributed by atoms with van der Waals surface area (Å²) in [4.78, 5) is 8.28. The highest BCUT2D eigenvalue weighted by atomic mass is 35.5. The SMILES string of the molecule is Cc1nccn1-c1ncccc1NS(=O)(=O)CCCl. The molecule has 0 fully saturated rings. The second kappa shape index (κ2) is 5.58. The zero-order valence-electron chi connectivity index (χ0n) is 10.2. The molecule has 0 bridgehead atoms. The van der Waals surface area contributed by atoms with Gasteiger partial charge in [0.2, 0.25) is 10.0 Å². The number of hydrogen-bond donors (Lipinski definition) is 1. The fourth-order valence-corrected chi connectivity index (χ4v) is 3.00. The number of aromatic nitrogens is 3. The summed E-state index contributed by atoms with van der Waals surface area (Å²) in [5.74, 6) is 1.09. The molecular weight excluding hydrogens is 288 g/mol. The molecule has 102 valence electrons. The normalized spacial score (nSPS) is 11.5. The second-order valence-electron chi connectivity index (χ2n) is 3.83. The van der Waals surface area contributed by atoms with Crippen LogP contribution >= 0.6 is 11.6 Å². The number of halogens is 1. The van der Waals surface area contributed by atoms with Crippen molar-refractivity contribution in [3.8, 4) is 5.82 Å². The Balaban J connectivity index is 2.41. The molecule has 8 heteroatoms. The quantitative estimate of drug-likeness (QED) is 0.850. The van der Waals surface area contributed by atoms with E-state index in [0.717, 1.165) is 5.82 Å². The Morgan fingerprint density at radius 1 is 1.37 bits per heavy atom. The molecule has 0 aromatic carbocycles. The van der Waals surface area contributed by atoms with Gasteiger partial charge in [0.25, 0.3) is 0 Å². The minimum absolute atomic E-state index is 0.0367. The standard InChI is InChI=1S/C11H13ClN4O2S/c1-9-13-6-7-16(9)11-10(3-2-5-14-11)15-19(17,18)8-4-12/h2-3,5-7,15H,4,8H2,1H3. The molecule has 2 aromatic heterocycles. The van der Waals surface area contributed by atoms with Crippen LogP contribution in [0.5, 0.6) is 0 Å². The first-order valence-corrected chi connectivity index (χ1v) is 7.74. The van der Waals surface area contributed by atoms with E-state index in [2.05, 4.69) is 14.7 Å². The Bertz CT molecular complexity index is 669. The fourth-order valence-electron chi connectivity index (χ4n) is 1.59. The van der Waals surface area contributed by atoms with Crippen molar-refractivity contribution in [2.24, 2.45) is 0 Å². The third-order valence-electron chi connectivity index (χ3n) is 2.45. The van der Waals surface area contributed by atoms with Crippen molar-refractivity contribution in [2.75, 3.05) is 16.4 Å². The Morgan fingerprint density at radius 3 is 2.79 bits per heavy atom.